The number of fused-ring (bicyclic) bond motifs is 1. The second-order valence-electron chi connectivity index (χ2n) is 5.49. The number of aromatic nitrogens is 1. The minimum Gasteiger partial charge on any atom is -0.352 e. The van der Waals surface area contributed by atoms with Crippen molar-refractivity contribution >= 4 is 28.1 Å². The smallest absolute Gasteiger partial charge is 0.191 e. The first-order chi connectivity index (χ1) is 11.8. The zero-order valence-corrected chi connectivity index (χ0v) is 14.9. The lowest BCUT2D eigenvalue weighted by Crippen LogP contribution is -2.36. The van der Waals surface area contributed by atoms with Gasteiger partial charge in [-0.15, -0.1) is 11.3 Å². The van der Waals surface area contributed by atoms with Crippen LogP contribution in [-0.2, 0) is 19.5 Å². The third-order valence-corrected chi connectivity index (χ3v) is 5.05. The van der Waals surface area contributed by atoms with E-state index in [0.717, 1.165) is 23.9 Å². The highest BCUT2D eigenvalue weighted by atomic mass is 32.1. The average molecular weight is 338 g/mol. The van der Waals surface area contributed by atoms with Crippen LogP contribution in [0.5, 0.6) is 0 Å². The van der Waals surface area contributed by atoms with Gasteiger partial charge >= 0.3 is 0 Å². The number of nitrogens with one attached hydrogen (secondary N) is 2. The Hall–Kier alpha value is -2.40. The number of aryl methyl sites for hydroxylation is 1. The van der Waals surface area contributed by atoms with E-state index in [1.54, 1.807) is 18.4 Å². The van der Waals surface area contributed by atoms with Crippen LogP contribution in [0.4, 0.5) is 0 Å². The Balaban J connectivity index is 1.61. The molecule has 0 aliphatic heterocycles. The highest BCUT2D eigenvalue weighted by molar-refractivity contribution is 7.11. The number of nitrogens with zero attached hydrogens (tertiary/aromatic N) is 2. The summed E-state index contributed by atoms with van der Waals surface area (Å²) in [5, 5.41) is 10.3. The van der Waals surface area contributed by atoms with Gasteiger partial charge in [-0.2, -0.15) is 0 Å². The molecule has 1 heterocycles. The maximum Gasteiger partial charge on any atom is 0.191 e. The van der Waals surface area contributed by atoms with E-state index < -0.39 is 0 Å². The van der Waals surface area contributed by atoms with Gasteiger partial charge in [0.1, 0.15) is 5.01 Å². The van der Waals surface area contributed by atoms with Gasteiger partial charge in [0.25, 0.3) is 0 Å². The van der Waals surface area contributed by atoms with Crippen molar-refractivity contribution in [1.82, 2.24) is 15.6 Å². The number of aliphatic imine (C=N–C) groups is 1. The number of rotatable bonds is 5. The first kappa shape index (κ1) is 16.5. The Morgan fingerprint density at radius 3 is 2.67 bits per heavy atom. The number of thiazole rings is 1. The predicted octanol–water partition coefficient (Wildman–Crippen LogP) is 3.72. The van der Waals surface area contributed by atoms with Crippen LogP contribution >= 0.6 is 11.3 Å². The lowest BCUT2D eigenvalue weighted by Gasteiger charge is -2.12. The van der Waals surface area contributed by atoms with Crippen molar-refractivity contribution in [2.45, 2.75) is 26.4 Å². The maximum atomic E-state index is 4.43. The Morgan fingerprint density at radius 2 is 1.88 bits per heavy atom. The van der Waals surface area contributed by atoms with Crippen LogP contribution in [0.2, 0.25) is 0 Å². The van der Waals surface area contributed by atoms with Crippen LogP contribution in [-0.4, -0.2) is 18.0 Å². The van der Waals surface area contributed by atoms with Gasteiger partial charge in [-0.05, 0) is 22.8 Å². The third kappa shape index (κ3) is 3.92. The van der Waals surface area contributed by atoms with Crippen molar-refractivity contribution in [2.24, 2.45) is 4.99 Å². The highest BCUT2D eigenvalue weighted by Gasteiger charge is 2.04. The maximum absolute atomic E-state index is 4.43. The molecule has 0 aliphatic rings. The van der Waals surface area contributed by atoms with Crippen LogP contribution in [0.1, 0.15) is 22.4 Å². The second kappa shape index (κ2) is 7.93. The van der Waals surface area contributed by atoms with Crippen molar-refractivity contribution in [3.05, 3.63) is 64.1 Å². The Labute approximate surface area is 146 Å². The molecule has 0 amide bonds. The topological polar surface area (TPSA) is 49.3 Å². The molecule has 3 rings (SSSR count). The van der Waals surface area contributed by atoms with Crippen LogP contribution < -0.4 is 10.6 Å². The molecule has 0 aliphatic carbocycles. The number of hydrogen-bond acceptors (Lipinski definition) is 3. The van der Waals surface area contributed by atoms with E-state index in [2.05, 4.69) is 70.0 Å². The van der Waals surface area contributed by atoms with E-state index >= 15 is 0 Å². The molecule has 5 heteroatoms. The van der Waals surface area contributed by atoms with Gasteiger partial charge < -0.3 is 10.6 Å². The first-order valence-corrected chi connectivity index (χ1v) is 8.96. The molecule has 0 saturated heterocycles. The van der Waals surface area contributed by atoms with Gasteiger partial charge in [0.2, 0.25) is 0 Å². The largest absolute Gasteiger partial charge is 0.352 e. The van der Waals surface area contributed by atoms with E-state index in [-0.39, 0.29) is 0 Å². The summed E-state index contributed by atoms with van der Waals surface area (Å²) in [6.45, 7) is 3.58. The second-order valence-corrected chi connectivity index (χ2v) is 6.69. The minimum atomic E-state index is 0.694. The van der Waals surface area contributed by atoms with Gasteiger partial charge in [-0.1, -0.05) is 49.4 Å². The lowest BCUT2D eigenvalue weighted by atomic mass is 10.0. The van der Waals surface area contributed by atoms with Crippen molar-refractivity contribution in [1.29, 1.82) is 0 Å². The third-order valence-electron chi connectivity index (χ3n) is 3.91. The zero-order valence-electron chi connectivity index (χ0n) is 14.0. The summed E-state index contributed by atoms with van der Waals surface area (Å²) in [6.07, 6.45) is 2.99. The lowest BCUT2D eigenvalue weighted by molar-refractivity contribution is 0.807. The van der Waals surface area contributed by atoms with Crippen LogP contribution in [0.15, 0.2) is 53.7 Å². The van der Waals surface area contributed by atoms with Gasteiger partial charge in [-0.3, -0.25) is 4.99 Å². The Bertz CT molecular complexity index is 833. The van der Waals surface area contributed by atoms with Crippen LogP contribution in [0.3, 0.4) is 0 Å². The summed E-state index contributed by atoms with van der Waals surface area (Å²) in [7, 11) is 1.79. The molecule has 124 valence electrons. The molecular weight excluding hydrogens is 316 g/mol. The van der Waals surface area contributed by atoms with E-state index in [0.29, 0.717) is 6.54 Å². The summed E-state index contributed by atoms with van der Waals surface area (Å²) in [5.41, 5.74) is 1.26. The van der Waals surface area contributed by atoms with E-state index in [4.69, 9.17) is 0 Å². The number of benzene rings is 2. The van der Waals surface area contributed by atoms with E-state index in [9.17, 15) is 0 Å². The highest BCUT2D eigenvalue weighted by Crippen LogP contribution is 2.18. The van der Waals surface area contributed by atoms with Gasteiger partial charge in [0.05, 0.1) is 6.54 Å². The normalized spacial score (nSPS) is 11.7. The summed E-state index contributed by atoms with van der Waals surface area (Å²) in [5.74, 6) is 0.788. The average Bonchev–Trinajstić information content (AvgIpc) is 3.10. The molecule has 4 nitrogen and oxygen atoms in total. The van der Waals surface area contributed by atoms with Crippen LogP contribution in [0, 0.1) is 0 Å². The molecular formula is C19H22N4S. The molecule has 2 aromatic carbocycles. The molecule has 24 heavy (non-hydrogen) atoms. The minimum absolute atomic E-state index is 0.694. The monoisotopic (exact) mass is 338 g/mol. The quantitative estimate of drug-likeness (QED) is 0.550. The molecule has 0 atom stereocenters. The summed E-state index contributed by atoms with van der Waals surface area (Å²) >= 11 is 1.75. The molecule has 3 aromatic rings. The van der Waals surface area contributed by atoms with Gasteiger partial charge in [0.15, 0.2) is 5.96 Å². The van der Waals surface area contributed by atoms with Crippen molar-refractivity contribution < 1.29 is 0 Å². The molecule has 0 fully saturated rings. The summed E-state index contributed by atoms with van der Waals surface area (Å²) in [6, 6.07) is 14.8. The summed E-state index contributed by atoms with van der Waals surface area (Å²) < 4.78 is 0. The van der Waals surface area contributed by atoms with E-state index in [1.165, 1.54) is 21.2 Å². The fourth-order valence-corrected chi connectivity index (χ4v) is 3.40. The standard InChI is InChI=1S/C19H22N4S/c1-3-16-12-21-18(24-16)13-23-19(20-2)22-11-15-9-6-8-14-7-4-5-10-17(14)15/h4-10,12H,3,11,13H2,1-2H3,(H2,20,22,23). The molecule has 0 spiro atoms. The van der Waals surface area contributed by atoms with Crippen molar-refractivity contribution in [3.8, 4) is 0 Å². The molecule has 0 bridgehead atoms. The Morgan fingerprint density at radius 1 is 1.08 bits per heavy atom. The molecule has 1 aromatic heterocycles. The van der Waals surface area contributed by atoms with Crippen molar-refractivity contribution in [3.63, 3.8) is 0 Å². The fraction of sp³-hybridized carbons (Fsp3) is 0.263. The molecule has 0 unspecified atom stereocenters. The zero-order chi connectivity index (χ0) is 16.8. The fourth-order valence-electron chi connectivity index (χ4n) is 2.60. The Kier molecular flexibility index (Phi) is 5.43. The SMILES string of the molecule is CCc1cnc(CNC(=NC)NCc2cccc3ccccc23)s1. The molecule has 0 saturated carbocycles. The molecule has 0 radical (unpaired) electrons. The number of guanidine groups is 1. The van der Waals surface area contributed by atoms with E-state index in [1.807, 2.05) is 6.20 Å². The number of hydrogen-bond donors (Lipinski definition) is 2. The van der Waals surface area contributed by atoms with Crippen LogP contribution in [0.25, 0.3) is 10.8 Å². The predicted molar refractivity (Wildman–Crippen MR) is 102 cm³/mol. The van der Waals surface area contributed by atoms with Gasteiger partial charge in [0, 0.05) is 24.7 Å². The van der Waals surface area contributed by atoms with Gasteiger partial charge in [-0.25, -0.2) is 4.98 Å². The first-order valence-electron chi connectivity index (χ1n) is 8.15. The van der Waals surface area contributed by atoms with Crippen molar-refractivity contribution in [2.75, 3.05) is 7.05 Å². The molecule has 2 N–H and O–H groups in total. The summed E-state index contributed by atoms with van der Waals surface area (Å²) in [4.78, 5) is 10.0.